The summed E-state index contributed by atoms with van der Waals surface area (Å²) in [6.45, 7) is 2.79. The van der Waals surface area contributed by atoms with Crippen LogP contribution in [0.25, 0.3) is 21.8 Å². The van der Waals surface area contributed by atoms with Crippen molar-refractivity contribution in [3.63, 3.8) is 0 Å². The van der Waals surface area contributed by atoms with E-state index in [0.29, 0.717) is 13.2 Å². The third kappa shape index (κ3) is 2.55. The van der Waals surface area contributed by atoms with Gasteiger partial charge in [0.25, 0.3) is 0 Å². The number of ether oxygens (including phenoxy) is 2. The van der Waals surface area contributed by atoms with Crippen molar-refractivity contribution >= 4 is 27.8 Å². The number of nitrogens with one attached hydrogen (secondary N) is 1. The fourth-order valence-electron chi connectivity index (χ4n) is 2.75. The first-order valence-corrected chi connectivity index (χ1v) is 7.31. The van der Waals surface area contributed by atoms with E-state index in [1.807, 2.05) is 35.0 Å². The quantitative estimate of drug-likeness (QED) is 0.581. The number of hydrogen-bond acceptors (Lipinski definition) is 3. The molecule has 1 aromatic carbocycles. The van der Waals surface area contributed by atoms with E-state index in [-0.39, 0.29) is 12.5 Å². The smallest absolute Gasteiger partial charge is 0.372 e. The molecule has 0 unspecified atom stereocenters. The van der Waals surface area contributed by atoms with Gasteiger partial charge < -0.3 is 14.5 Å². The Kier molecular flexibility index (Phi) is 4.06. The minimum atomic E-state index is -0.250. The molecule has 0 radical (unpaired) electrons. The maximum absolute atomic E-state index is 11.8. The van der Waals surface area contributed by atoms with Crippen molar-refractivity contribution in [2.75, 3.05) is 13.7 Å². The number of methoxy groups -OCH3 is 1. The summed E-state index contributed by atoms with van der Waals surface area (Å²) >= 11 is 0. The second-order valence-electron chi connectivity index (χ2n) is 5.09. The molecule has 0 saturated heterocycles. The van der Waals surface area contributed by atoms with Crippen LogP contribution in [0.5, 0.6) is 0 Å². The number of H-pyrrole nitrogens is 1. The number of rotatable bonds is 5. The predicted octanol–water partition coefficient (Wildman–Crippen LogP) is 2.32. The van der Waals surface area contributed by atoms with Gasteiger partial charge in [-0.1, -0.05) is 18.2 Å². The zero-order valence-corrected chi connectivity index (χ0v) is 12.8. The van der Waals surface area contributed by atoms with Crippen molar-refractivity contribution in [3.05, 3.63) is 42.2 Å². The van der Waals surface area contributed by atoms with Crippen LogP contribution in [0, 0.1) is 0 Å². The van der Waals surface area contributed by atoms with Gasteiger partial charge in [-0.15, -0.1) is 0 Å². The lowest BCUT2D eigenvalue weighted by Gasteiger charge is -2.04. The SMILES string of the molecule is CCOC(=O)C[n+]1ccc2c([nH]c3ccccc32)c1COC. The Labute approximate surface area is 128 Å². The number of para-hydroxylation sites is 1. The van der Waals surface area contributed by atoms with Gasteiger partial charge in [-0.25, -0.2) is 4.79 Å². The number of nitrogens with zero attached hydrogens (tertiary/aromatic N) is 1. The molecule has 3 aromatic rings. The Bertz CT molecular complexity index is 823. The highest BCUT2D eigenvalue weighted by Gasteiger charge is 2.21. The molecule has 5 heteroatoms. The lowest BCUT2D eigenvalue weighted by molar-refractivity contribution is -0.693. The van der Waals surface area contributed by atoms with Crippen LogP contribution in [0.1, 0.15) is 12.6 Å². The fourth-order valence-corrected chi connectivity index (χ4v) is 2.75. The van der Waals surface area contributed by atoms with E-state index in [0.717, 1.165) is 27.5 Å². The van der Waals surface area contributed by atoms with Crippen LogP contribution in [0.15, 0.2) is 36.5 Å². The minimum absolute atomic E-state index is 0.178. The first-order chi connectivity index (χ1) is 10.7. The Hall–Kier alpha value is -2.40. The molecule has 0 bridgehead atoms. The molecule has 22 heavy (non-hydrogen) atoms. The fraction of sp³-hybridized carbons (Fsp3) is 0.294. The molecule has 3 rings (SSSR count). The first-order valence-electron chi connectivity index (χ1n) is 7.31. The molecule has 0 aliphatic rings. The van der Waals surface area contributed by atoms with Crippen LogP contribution < -0.4 is 4.57 Å². The van der Waals surface area contributed by atoms with Crippen molar-refractivity contribution in [2.45, 2.75) is 20.1 Å². The van der Waals surface area contributed by atoms with Gasteiger partial charge in [-0.2, -0.15) is 4.57 Å². The lowest BCUT2D eigenvalue weighted by atomic mass is 10.1. The summed E-state index contributed by atoms with van der Waals surface area (Å²) < 4.78 is 12.2. The first kappa shape index (κ1) is 14.5. The molecule has 2 aromatic heterocycles. The summed E-state index contributed by atoms with van der Waals surface area (Å²) in [6, 6.07) is 10.2. The highest BCUT2D eigenvalue weighted by atomic mass is 16.5. The number of fused-ring (bicyclic) bond motifs is 3. The number of esters is 1. The van der Waals surface area contributed by atoms with Crippen LogP contribution in [-0.2, 0) is 27.4 Å². The molecule has 1 N–H and O–H groups in total. The molecule has 0 saturated carbocycles. The predicted molar refractivity (Wildman–Crippen MR) is 83.3 cm³/mol. The largest absolute Gasteiger partial charge is 0.461 e. The van der Waals surface area contributed by atoms with Crippen LogP contribution in [0.2, 0.25) is 0 Å². The van der Waals surface area contributed by atoms with Crippen LogP contribution in [-0.4, -0.2) is 24.7 Å². The van der Waals surface area contributed by atoms with Gasteiger partial charge >= 0.3 is 5.97 Å². The van der Waals surface area contributed by atoms with E-state index >= 15 is 0 Å². The number of pyridine rings is 1. The monoisotopic (exact) mass is 299 g/mol. The highest BCUT2D eigenvalue weighted by molar-refractivity contribution is 6.07. The second-order valence-corrected chi connectivity index (χ2v) is 5.09. The molecule has 0 aliphatic heterocycles. The van der Waals surface area contributed by atoms with Gasteiger partial charge in [0.2, 0.25) is 12.2 Å². The van der Waals surface area contributed by atoms with E-state index in [9.17, 15) is 4.79 Å². The van der Waals surface area contributed by atoms with Gasteiger partial charge in [0, 0.05) is 29.5 Å². The van der Waals surface area contributed by atoms with Gasteiger partial charge in [0.1, 0.15) is 12.1 Å². The number of hydrogen-bond donors (Lipinski definition) is 1. The van der Waals surface area contributed by atoms with Gasteiger partial charge in [0.05, 0.1) is 6.61 Å². The molecular weight excluding hydrogens is 280 g/mol. The highest BCUT2D eigenvalue weighted by Crippen LogP contribution is 2.26. The van der Waals surface area contributed by atoms with Crippen molar-refractivity contribution in [1.82, 2.24) is 4.98 Å². The zero-order valence-electron chi connectivity index (χ0n) is 12.8. The van der Waals surface area contributed by atoms with E-state index in [1.54, 1.807) is 14.0 Å². The van der Waals surface area contributed by atoms with Crippen molar-refractivity contribution in [1.29, 1.82) is 0 Å². The summed E-state index contributed by atoms with van der Waals surface area (Å²) in [7, 11) is 1.65. The molecular formula is C17H19N2O3+. The van der Waals surface area contributed by atoms with Crippen molar-refractivity contribution in [2.24, 2.45) is 0 Å². The third-order valence-corrected chi connectivity index (χ3v) is 3.69. The lowest BCUT2D eigenvalue weighted by Crippen LogP contribution is -2.42. The van der Waals surface area contributed by atoms with Crippen LogP contribution >= 0.6 is 0 Å². The summed E-state index contributed by atoms with van der Waals surface area (Å²) in [5.74, 6) is -0.250. The van der Waals surface area contributed by atoms with E-state index in [1.165, 1.54) is 0 Å². The molecule has 2 heterocycles. The average Bonchev–Trinajstić information content (AvgIpc) is 2.89. The van der Waals surface area contributed by atoms with Crippen LogP contribution in [0.4, 0.5) is 0 Å². The zero-order chi connectivity index (χ0) is 15.5. The summed E-state index contributed by atoms with van der Waals surface area (Å²) in [6.07, 6.45) is 1.91. The summed E-state index contributed by atoms with van der Waals surface area (Å²) in [5, 5.41) is 2.29. The number of carbonyl (C=O) groups excluding carboxylic acids is 1. The molecule has 0 spiro atoms. The van der Waals surface area contributed by atoms with Gasteiger partial charge in [0.15, 0.2) is 6.20 Å². The Balaban J connectivity index is 2.14. The number of carbonyl (C=O) groups is 1. The summed E-state index contributed by atoms with van der Waals surface area (Å²) in [5.41, 5.74) is 3.00. The van der Waals surface area contributed by atoms with Gasteiger partial charge in [-0.3, -0.25) is 0 Å². The second kappa shape index (κ2) is 6.15. The van der Waals surface area contributed by atoms with Crippen molar-refractivity contribution in [3.8, 4) is 0 Å². The van der Waals surface area contributed by atoms with Crippen molar-refractivity contribution < 1.29 is 18.8 Å². The maximum atomic E-state index is 11.8. The maximum Gasteiger partial charge on any atom is 0.372 e. The minimum Gasteiger partial charge on any atom is -0.461 e. The summed E-state index contributed by atoms with van der Waals surface area (Å²) in [4.78, 5) is 15.2. The van der Waals surface area contributed by atoms with E-state index in [4.69, 9.17) is 9.47 Å². The molecule has 0 aliphatic carbocycles. The van der Waals surface area contributed by atoms with E-state index < -0.39 is 0 Å². The molecule has 114 valence electrons. The van der Waals surface area contributed by atoms with Gasteiger partial charge in [-0.05, 0) is 13.0 Å². The third-order valence-electron chi connectivity index (χ3n) is 3.69. The normalized spacial score (nSPS) is 11.2. The number of aromatic amines is 1. The standard InChI is InChI=1S/C17H18N2O3/c1-3-22-16(20)10-19-9-8-13-12-6-4-5-7-14(12)18-17(13)15(19)11-21-2/h4-9H,3,10-11H2,1-2H3/p+1. The Morgan fingerprint density at radius 3 is 2.82 bits per heavy atom. The number of benzene rings is 1. The molecule has 0 fully saturated rings. The van der Waals surface area contributed by atoms with Crippen LogP contribution in [0.3, 0.4) is 0 Å². The average molecular weight is 299 g/mol. The molecule has 5 nitrogen and oxygen atoms in total. The van der Waals surface area contributed by atoms with E-state index in [2.05, 4.69) is 11.1 Å². The Morgan fingerprint density at radius 1 is 1.23 bits per heavy atom. The number of aromatic nitrogens is 2. The Morgan fingerprint density at radius 2 is 2.05 bits per heavy atom. The molecule has 0 amide bonds. The molecule has 0 atom stereocenters. The topological polar surface area (TPSA) is 55.2 Å².